The molecule has 0 atom stereocenters. The summed E-state index contributed by atoms with van der Waals surface area (Å²) in [5.74, 6) is 6.96. The molecule has 0 radical (unpaired) electrons. The van der Waals surface area contributed by atoms with Crippen molar-refractivity contribution in [2.24, 2.45) is 5.84 Å². The number of amides is 1. The van der Waals surface area contributed by atoms with E-state index >= 15 is 0 Å². The van der Waals surface area contributed by atoms with Gasteiger partial charge >= 0.3 is 0 Å². The average molecular weight is 224 g/mol. The normalized spacial score (nSPS) is 10.0. The molecule has 82 valence electrons. The second-order valence-electron chi connectivity index (χ2n) is 3.22. The summed E-state index contributed by atoms with van der Waals surface area (Å²) in [7, 11) is 0. The Bertz CT molecular complexity index is 311. The van der Waals surface area contributed by atoms with E-state index in [1.54, 1.807) is 12.1 Å². The van der Waals surface area contributed by atoms with Gasteiger partial charge in [-0.1, -0.05) is 19.1 Å². The van der Waals surface area contributed by atoms with E-state index < -0.39 is 0 Å². The van der Waals surface area contributed by atoms with Crippen LogP contribution >= 0.6 is 11.8 Å². The second kappa shape index (κ2) is 6.48. The van der Waals surface area contributed by atoms with Gasteiger partial charge in [-0.3, -0.25) is 10.2 Å². The first-order valence-electron chi connectivity index (χ1n) is 4.95. The predicted molar refractivity (Wildman–Crippen MR) is 64.5 cm³/mol. The molecule has 0 saturated carbocycles. The first kappa shape index (κ1) is 12.1. The van der Waals surface area contributed by atoms with Gasteiger partial charge in [-0.25, -0.2) is 5.84 Å². The van der Waals surface area contributed by atoms with Gasteiger partial charge in [-0.05, 0) is 29.9 Å². The lowest BCUT2D eigenvalue weighted by Gasteiger charge is -2.02. The zero-order valence-electron chi connectivity index (χ0n) is 8.82. The number of benzene rings is 1. The molecule has 0 aliphatic heterocycles. The van der Waals surface area contributed by atoms with Gasteiger partial charge in [0, 0.05) is 11.3 Å². The Kier molecular flexibility index (Phi) is 5.21. The van der Waals surface area contributed by atoms with Crippen LogP contribution in [0.1, 0.15) is 29.3 Å². The highest BCUT2D eigenvalue weighted by Crippen LogP contribution is 2.13. The number of nitrogens with two attached hydrogens (primary N) is 1. The number of thioether (sulfide) groups is 1. The zero-order valence-corrected chi connectivity index (χ0v) is 9.64. The number of carbonyl (C=O) groups excluding carboxylic acids is 1. The largest absolute Gasteiger partial charge is 0.290 e. The van der Waals surface area contributed by atoms with Crippen molar-refractivity contribution in [3.8, 4) is 0 Å². The lowest BCUT2D eigenvalue weighted by molar-refractivity contribution is 0.0953. The van der Waals surface area contributed by atoms with E-state index in [1.807, 2.05) is 23.9 Å². The van der Waals surface area contributed by atoms with Crippen molar-refractivity contribution in [2.75, 3.05) is 5.75 Å². The summed E-state index contributed by atoms with van der Waals surface area (Å²) in [5, 5.41) is 0. The van der Waals surface area contributed by atoms with Gasteiger partial charge < -0.3 is 0 Å². The highest BCUT2D eigenvalue weighted by Gasteiger charge is 2.02. The van der Waals surface area contributed by atoms with Crippen molar-refractivity contribution in [1.29, 1.82) is 0 Å². The number of carbonyl (C=O) groups is 1. The molecule has 0 spiro atoms. The van der Waals surface area contributed by atoms with Gasteiger partial charge in [0.2, 0.25) is 0 Å². The molecule has 1 aromatic carbocycles. The van der Waals surface area contributed by atoms with Crippen LogP contribution in [0.5, 0.6) is 0 Å². The van der Waals surface area contributed by atoms with Gasteiger partial charge in [0.15, 0.2) is 0 Å². The maximum atomic E-state index is 11.1. The molecule has 1 rings (SSSR count). The summed E-state index contributed by atoms with van der Waals surface area (Å²) in [4.78, 5) is 11.1. The van der Waals surface area contributed by atoms with Crippen molar-refractivity contribution in [1.82, 2.24) is 5.43 Å². The van der Waals surface area contributed by atoms with Crippen molar-refractivity contribution in [3.63, 3.8) is 0 Å². The number of hydrazine groups is 1. The monoisotopic (exact) mass is 224 g/mol. The number of rotatable bonds is 5. The van der Waals surface area contributed by atoms with Gasteiger partial charge in [0.1, 0.15) is 0 Å². The molecule has 0 heterocycles. The van der Waals surface area contributed by atoms with E-state index in [1.165, 1.54) is 17.7 Å². The van der Waals surface area contributed by atoms with Crippen LogP contribution < -0.4 is 11.3 Å². The van der Waals surface area contributed by atoms with Gasteiger partial charge in [-0.15, -0.1) is 0 Å². The van der Waals surface area contributed by atoms with Crippen molar-refractivity contribution < 1.29 is 4.79 Å². The molecule has 1 aromatic rings. The molecule has 3 N–H and O–H groups in total. The van der Waals surface area contributed by atoms with Crippen LogP contribution in [0.4, 0.5) is 0 Å². The summed E-state index contributed by atoms with van der Waals surface area (Å²) in [6.45, 7) is 2.17. The summed E-state index contributed by atoms with van der Waals surface area (Å²) in [6.07, 6.45) is 1.19. The third kappa shape index (κ3) is 3.93. The molecule has 0 saturated heterocycles. The van der Waals surface area contributed by atoms with E-state index in [-0.39, 0.29) is 5.91 Å². The van der Waals surface area contributed by atoms with Crippen LogP contribution in [0.3, 0.4) is 0 Å². The molecular weight excluding hydrogens is 208 g/mol. The fourth-order valence-corrected chi connectivity index (χ4v) is 2.03. The molecule has 0 aliphatic rings. The molecule has 4 heteroatoms. The Morgan fingerprint density at radius 1 is 1.40 bits per heavy atom. The lowest BCUT2D eigenvalue weighted by Crippen LogP contribution is -2.29. The fourth-order valence-electron chi connectivity index (χ4n) is 1.17. The van der Waals surface area contributed by atoms with E-state index in [2.05, 4.69) is 12.3 Å². The van der Waals surface area contributed by atoms with E-state index in [4.69, 9.17) is 5.84 Å². The van der Waals surface area contributed by atoms with E-state index in [9.17, 15) is 4.79 Å². The first-order valence-corrected chi connectivity index (χ1v) is 6.11. The Morgan fingerprint density at radius 3 is 2.60 bits per heavy atom. The standard InChI is InChI=1S/C11H16N2OS/c1-2-7-15-8-9-3-5-10(6-4-9)11(14)13-12/h3-6H,2,7-8,12H2,1H3,(H,13,14). The molecule has 0 unspecified atom stereocenters. The highest BCUT2D eigenvalue weighted by molar-refractivity contribution is 7.98. The van der Waals surface area contributed by atoms with Gasteiger partial charge in [-0.2, -0.15) is 11.8 Å². The lowest BCUT2D eigenvalue weighted by atomic mass is 10.1. The smallest absolute Gasteiger partial charge is 0.265 e. The van der Waals surface area contributed by atoms with E-state index in [0.29, 0.717) is 5.56 Å². The van der Waals surface area contributed by atoms with E-state index in [0.717, 1.165) is 5.75 Å². The Morgan fingerprint density at radius 2 is 2.07 bits per heavy atom. The molecule has 1 amide bonds. The highest BCUT2D eigenvalue weighted by atomic mass is 32.2. The number of nitrogens with one attached hydrogen (secondary N) is 1. The molecule has 0 fully saturated rings. The Labute approximate surface area is 94.4 Å². The number of hydrogen-bond donors (Lipinski definition) is 2. The third-order valence-electron chi connectivity index (χ3n) is 1.96. The molecular formula is C11H16N2OS. The summed E-state index contributed by atoms with van der Waals surface area (Å²) >= 11 is 1.90. The molecule has 15 heavy (non-hydrogen) atoms. The summed E-state index contributed by atoms with van der Waals surface area (Å²) in [6, 6.07) is 7.52. The Hall–Kier alpha value is -1.00. The second-order valence-corrected chi connectivity index (χ2v) is 4.33. The number of hydrogen-bond acceptors (Lipinski definition) is 3. The summed E-state index contributed by atoms with van der Waals surface area (Å²) < 4.78 is 0. The van der Waals surface area contributed by atoms with Crippen LogP contribution in [0.15, 0.2) is 24.3 Å². The van der Waals surface area contributed by atoms with Crippen molar-refractivity contribution >= 4 is 17.7 Å². The third-order valence-corrected chi connectivity index (χ3v) is 3.20. The van der Waals surface area contributed by atoms with Crippen LogP contribution in [-0.4, -0.2) is 11.7 Å². The summed E-state index contributed by atoms with van der Waals surface area (Å²) in [5.41, 5.74) is 3.95. The van der Waals surface area contributed by atoms with Crippen LogP contribution in [-0.2, 0) is 5.75 Å². The molecule has 3 nitrogen and oxygen atoms in total. The van der Waals surface area contributed by atoms with Crippen LogP contribution in [0, 0.1) is 0 Å². The minimum absolute atomic E-state index is 0.247. The fraction of sp³-hybridized carbons (Fsp3) is 0.364. The minimum atomic E-state index is -0.247. The van der Waals surface area contributed by atoms with Gasteiger partial charge in [0.05, 0.1) is 0 Å². The maximum absolute atomic E-state index is 11.1. The van der Waals surface area contributed by atoms with Gasteiger partial charge in [0.25, 0.3) is 5.91 Å². The maximum Gasteiger partial charge on any atom is 0.265 e. The van der Waals surface area contributed by atoms with Crippen LogP contribution in [0.2, 0.25) is 0 Å². The minimum Gasteiger partial charge on any atom is -0.290 e. The molecule has 0 aliphatic carbocycles. The van der Waals surface area contributed by atoms with Crippen molar-refractivity contribution in [2.45, 2.75) is 19.1 Å². The quantitative estimate of drug-likeness (QED) is 0.348. The first-order chi connectivity index (χ1) is 7.27. The topological polar surface area (TPSA) is 55.1 Å². The Balaban J connectivity index is 2.52. The van der Waals surface area contributed by atoms with Crippen molar-refractivity contribution in [3.05, 3.63) is 35.4 Å². The van der Waals surface area contributed by atoms with Crippen LogP contribution in [0.25, 0.3) is 0 Å². The average Bonchev–Trinajstić information content (AvgIpc) is 2.29. The molecule has 0 aromatic heterocycles. The zero-order chi connectivity index (χ0) is 11.1. The predicted octanol–water partition coefficient (Wildman–Crippen LogP) is 1.93. The molecule has 0 bridgehead atoms. The SMILES string of the molecule is CCCSCc1ccc(C(=O)NN)cc1. The number of nitrogen functional groups attached to an aromatic ring is 1.